The maximum absolute atomic E-state index is 4.30. The van der Waals surface area contributed by atoms with Gasteiger partial charge in [-0.05, 0) is 70.7 Å². The van der Waals surface area contributed by atoms with Gasteiger partial charge < -0.3 is 14.4 Å². The molecule has 1 aliphatic carbocycles. The van der Waals surface area contributed by atoms with Crippen LogP contribution >= 0.6 is 0 Å². The molecule has 4 rings (SSSR count). The Balaban J connectivity index is 1.42. The highest BCUT2D eigenvalue weighted by Gasteiger charge is 2.37. The second kappa shape index (κ2) is 7.63. The Morgan fingerprint density at radius 2 is 2.04 bits per heavy atom. The van der Waals surface area contributed by atoms with Gasteiger partial charge in [0.25, 0.3) is 0 Å². The number of aryl methyl sites for hydroxylation is 1. The molecule has 146 valence electrons. The number of fused-ring (bicyclic) bond motifs is 3. The van der Waals surface area contributed by atoms with E-state index in [0.29, 0.717) is 18.0 Å². The lowest BCUT2D eigenvalue weighted by molar-refractivity contribution is 0.204. The molecule has 5 nitrogen and oxygen atoms in total. The van der Waals surface area contributed by atoms with Crippen LogP contribution in [0.5, 0.6) is 0 Å². The largest absolute Gasteiger partial charge is 0.366 e. The second-order valence-electron chi connectivity index (χ2n) is 8.56. The molecular formula is C22H33N5. The minimum absolute atomic E-state index is 0.339. The fourth-order valence-corrected chi connectivity index (χ4v) is 5.13. The Kier molecular flexibility index (Phi) is 5.22. The number of hydrogen-bond donors (Lipinski definition) is 0. The predicted molar refractivity (Wildman–Crippen MR) is 110 cm³/mol. The van der Waals surface area contributed by atoms with Crippen LogP contribution in [-0.2, 0) is 0 Å². The Morgan fingerprint density at radius 3 is 2.85 bits per heavy atom. The number of nitrogens with zero attached hydrogens (tertiary/aromatic N) is 5. The molecule has 0 saturated carbocycles. The van der Waals surface area contributed by atoms with Crippen molar-refractivity contribution in [3.05, 3.63) is 41.6 Å². The van der Waals surface area contributed by atoms with E-state index in [9.17, 15) is 0 Å². The first-order chi connectivity index (χ1) is 13.1. The third-order valence-electron chi connectivity index (χ3n) is 6.33. The Hall–Kier alpha value is -1.88. The fourth-order valence-electron chi connectivity index (χ4n) is 5.13. The third-order valence-corrected chi connectivity index (χ3v) is 6.33. The Bertz CT molecular complexity index is 759. The van der Waals surface area contributed by atoms with E-state index in [0.717, 1.165) is 24.1 Å². The fraction of sp³-hybridized carbons (Fsp3) is 0.636. The molecule has 1 aromatic rings. The van der Waals surface area contributed by atoms with E-state index in [1.54, 1.807) is 0 Å². The summed E-state index contributed by atoms with van der Waals surface area (Å²) in [6, 6.07) is 0.741. The van der Waals surface area contributed by atoms with Crippen LogP contribution in [0.3, 0.4) is 0 Å². The lowest BCUT2D eigenvalue weighted by Crippen LogP contribution is -2.39. The molecule has 0 aromatic carbocycles. The van der Waals surface area contributed by atoms with Gasteiger partial charge in [-0.25, -0.2) is 0 Å². The highest BCUT2D eigenvalue weighted by atomic mass is 15.3. The first-order valence-electron chi connectivity index (χ1n) is 10.5. The normalized spacial score (nSPS) is 29.2. The molecule has 0 bridgehead atoms. The zero-order valence-corrected chi connectivity index (χ0v) is 17.2. The smallest absolute Gasteiger partial charge is 0.157 e. The van der Waals surface area contributed by atoms with Gasteiger partial charge in [0.2, 0.25) is 0 Å². The van der Waals surface area contributed by atoms with Crippen molar-refractivity contribution < 1.29 is 0 Å². The second-order valence-corrected chi connectivity index (χ2v) is 8.56. The standard InChI is InChI=1S/C22H33N5/c1-5-11-25(4)14-18-7-6-8-19(13-18)15-26-16(2)12-21-20(26)9-10-22-24-23-17(3)27(21)22/h6-7,9-10,12,18-21H,5,8,11,13-15H2,1-4H3. The Morgan fingerprint density at radius 1 is 1.19 bits per heavy atom. The van der Waals surface area contributed by atoms with Crippen LogP contribution in [0.2, 0.25) is 0 Å². The summed E-state index contributed by atoms with van der Waals surface area (Å²) >= 11 is 0. The summed E-state index contributed by atoms with van der Waals surface area (Å²) in [7, 11) is 2.25. The molecule has 0 amide bonds. The van der Waals surface area contributed by atoms with Crippen molar-refractivity contribution in [3.8, 4) is 0 Å². The van der Waals surface area contributed by atoms with E-state index in [1.165, 1.54) is 38.0 Å². The minimum atomic E-state index is 0.339. The zero-order chi connectivity index (χ0) is 19.0. The maximum atomic E-state index is 4.30. The van der Waals surface area contributed by atoms with Gasteiger partial charge in [-0.15, -0.1) is 10.2 Å². The molecule has 0 saturated heterocycles. The summed E-state index contributed by atoms with van der Waals surface area (Å²) in [5.74, 6) is 3.42. The van der Waals surface area contributed by atoms with Gasteiger partial charge in [0.15, 0.2) is 5.82 Å². The molecule has 27 heavy (non-hydrogen) atoms. The molecule has 3 aliphatic rings. The first kappa shape index (κ1) is 18.5. The van der Waals surface area contributed by atoms with Crippen molar-refractivity contribution >= 4 is 6.08 Å². The van der Waals surface area contributed by atoms with Gasteiger partial charge in [0.1, 0.15) is 5.82 Å². The average Bonchev–Trinajstić information content (AvgIpc) is 3.16. The first-order valence-corrected chi connectivity index (χ1v) is 10.5. The summed E-state index contributed by atoms with van der Waals surface area (Å²) in [5.41, 5.74) is 1.39. The van der Waals surface area contributed by atoms with Crippen LogP contribution in [0.4, 0.5) is 0 Å². The summed E-state index contributed by atoms with van der Waals surface area (Å²) < 4.78 is 2.29. The van der Waals surface area contributed by atoms with Gasteiger partial charge in [-0.2, -0.15) is 0 Å². The Labute approximate surface area is 163 Å². The van der Waals surface area contributed by atoms with Crippen molar-refractivity contribution in [1.29, 1.82) is 0 Å². The van der Waals surface area contributed by atoms with Gasteiger partial charge in [-0.3, -0.25) is 0 Å². The molecule has 3 heterocycles. The highest BCUT2D eigenvalue weighted by molar-refractivity contribution is 5.47. The van der Waals surface area contributed by atoms with Crippen LogP contribution in [0, 0.1) is 18.8 Å². The molecule has 0 radical (unpaired) electrons. The molecule has 2 aliphatic heterocycles. The third kappa shape index (κ3) is 3.62. The van der Waals surface area contributed by atoms with E-state index >= 15 is 0 Å². The summed E-state index contributed by atoms with van der Waals surface area (Å²) in [6.07, 6.45) is 15.5. The molecule has 0 N–H and O–H groups in total. The van der Waals surface area contributed by atoms with Crippen molar-refractivity contribution in [1.82, 2.24) is 24.6 Å². The van der Waals surface area contributed by atoms with Gasteiger partial charge in [0, 0.05) is 18.8 Å². The SMILES string of the molecule is CCCN(C)CC1C=CCC(CN2C(C)=CC3C2C=Cc2nnc(C)n23)C1. The van der Waals surface area contributed by atoms with Crippen molar-refractivity contribution in [2.75, 3.05) is 26.7 Å². The van der Waals surface area contributed by atoms with Crippen LogP contribution in [0.25, 0.3) is 6.08 Å². The van der Waals surface area contributed by atoms with Gasteiger partial charge >= 0.3 is 0 Å². The van der Waals surface area contributed by atoms with E-state index in [1.807, 2.05) is 0 Å². The lowest BCUT2D eigenvalue weighted by Gasteiger charge is -2.37. The van der Waals surface area contributed by atoms with E-state index < -0.39 is 0 Å². The monoisotopic (exact) mass is 367 g/mol. The average molecular weight is 368 g/mol. The number of rotatable bonds is 6. The van der Waals surface area contributed by atoms with Gasteiger partial charge in [-0.1, -0.05) is 25.2 Å². The molecule has 5 heteroatoms. The quantitative estimate of drug-likeness (QED) is 0.719. The van der Waals surface area contributed by atoms with Gasteiger partial charge in [0.05, 0.1) is 12.1 Å². The molecule has 0 fully saturated rings. The molecule has 1 aromatic heterocycles. The number of allylic oxidation sites excluding steroid dienone is 2. The number of hydrogen-bond acceptors (Lipinski definition) is 4. The van der Waals surface area contributed by atoms with Crippen molar-refractivity contribution in [2.45, 2.75) is 52.1 Å². The van der Waals surface area contributed by atoms with E-state index in [-0.39, 0.29) is 0 Å². The lowest BCUT2D eigenvalue weighted by atomic mass is 9.85. The molecule has 4 atom stereocenters. The maximum Gasteiger partial charge on any atom is 0.157 e. The minimum Gasteiger partial charge on any atom is -0.366 e. The van der Waals surface area contributed by atoms with Crippen molar-refractivity contribution in [3.63, 3.8) is 0 Å². The predicted octanol–water partition coefficient (Wildman–Crippen LogP) is 3.67. The summed E-state index contributed by atoms with van der Waals surface area (Å²) in [5, 5.41) is 8.58. The number of aromatic nitrogens is 3. The van der Waals surface area contributed by atoms with Crippen LogP contribution in [0.1, 0.15) is 50.8 Å². The van der Waals surface area contributed by atoms with Crippen LogP contribution in [-0.4, -0.2) is 57.3 Å². The molecule has 0 spiro atoms. The topological polar surface area (TPSA) is 37.2 Å². The molecule has 4 unspecified atom stereocenters. The highest BCUT2D eigenvalue weighted by Crippen LogP contribution is 2.38. The van der Waals surface area contributed by atoms with E-state index in [4.69, 9.17) is 0 Å². The zero-order valence-electron chi connectivity index (χ0n) is 17.2. The van der Waals surface area contributed by atoms with Crippen molar-refractivity contribution in [2.24, 2.45) is 11.8 Å². The van der Waals surface area contributed by atoms with Crippen LogP contribution < -0.4 is 0 Å². The summed E-state index contributed by atoms with van der Waals surface area (Å²) in [4.78, 5) is 5.09. The molecular weight excluding hydrogens is 334 g/mol. The van der Waals surface area contributed by atoms with Crippen LogP contribution in [0.15, 0.2) is 30.0 Å². The summed E-state index contributed by atoms with van der Waals surface area (Å²) in [6.45, 7) is 10.1. The van der Waals surface area contributed by atoms with E-state index in [2.05, 4.69) is 82.8 Å².